The largest absolute Gasteiger partial charge is 0.467 e. The summed E-state index contributed by atoms with van der Waals surface area (Å²) in [5, 5.41) is 7.67. The van der Waals surface area contributed by atoms with Crippen molar-refractivity contribution in [1.82, 2.24) is 15.1 Å². The maximum atomic E-state index is 5.49. The summed E-state index contributed by atoms with van der Waals surface area (Å²) in [6, 6.07) is 4.69. The summed E-state index contributed by atoms with van der Waals surface area (Å²) < 4.78 is 7.36. The van der Waals surface area contributed by atoms with Crippen LogP contribution in [-0.2, 0) is 13.1 Å². The van der Waals surface area contributed by atoms with Crippen molar-refractivity contribution < 1.29 is 4.42 Å². The fourth-order valence-electron chi connectivity index (χ4n) is 1.75. The zero-order valence-electron chi connectivity index (χ0n) is 9.10. The van der Waals surface area contributed by atoms with Gasteiger partial charge in [-0.05, 0) is 25.0 Å². The van der Waals surface area contributed by atoms with Crippen LogP contribution >= 0.6 is 0 Å². The molecule has 1 saturated carbocycles. The van der Waals surface area contributed by atoms with Crippen molar-refractivity contribution in [2.45, 2.75) is 32.0 Å². The molecular weight excluding hydrogens is 202 g/mol. The molecule has 1 fully saturated rings. The van der Waals surface area contributed by atoms with Crippen molar-refractivity contribution in [3.63, 3.8) is 0 Å². The first-order valence-electron chi connectivity index (χ1n) is 5.68. The van der Waals surface area contributed by atoms with Gasteiger partial charge in [0.2, 0.25) is 0 Å². The van der Waals surface area contributed by atoms with Crippen molar-refractivity contribution >= 4 is 0 Å². The summed E-state index contributed by atoms with van der Waals surface area (Å²) in [6.45, 7) is 1.61. The lowest BCUT2D eigenvalue weighted by Crippen LogP contribution is -2.16. The Hall–Kier alpha value is -1.55. The van der Waals surface area contributed by atoms with Gasteiger partial charge >= 0.3 is 0 Å². The van der Waals surface area contributed by atoms with Crippen molar-refractivity contribution in [3.8, 4) is 0 Å². The molecule has 0 saturated heterocycles. The summed E-state index contributed by atoms with van der Waals surface area (Å²) >= 11 is 0. The van der Waals surface area contributed by atoms with Crippen LogP contribution in [0, 0.1) is 0 Å². The zero-order chi connectivity index (χ0) is 10.8. The Labute approximate surface area is 94.3 Å². The van der Waals surface area contributed by atoms with Crippen LogP contribution in [0.5, 0.6) is 0 Å². The van der Waals surface area contributed by atoms with Crippen LogP contribution in [0.4, 0.5) is 0 Å². The predicted octanol–water partition coefficient (Wildman–Crippen LogP) is 1.78. The molecule has 1 N–H and O–H groups in total. The first kappa shape index (κ1) is 9.66. The molecule has 1 aliphatic rings. The first-order chi connectivity index (χ1) is 7.92. The van der Waals surface area contributed by atoms with Gasteiger partial charge in [-0.3, -0.25) is 4.68 Å². The van der Waals surface area contributed by atoms with Gasteiger partial charge in [0.05, 0.1) is 12.8 Å². The number of hydrogen-bond donors (Lipinski definition) is 1. The number of rotatable bonds is 5. The standard InChI is InChI=1S/C12H15N3O/c1-5-14-15(6-1)9-12-10(4-7-16-12)8-13-11-2-3-11/h1,4-7,11,13H,2-3,8-9H2. The van der Waals surface area contributed by atoms with Gasteiger partial charge in [-0.2, -0.15) is 5.10 Å². The topological polar surface area (TPSA) is 43.0 Å². The lowest BCUT2D eigenvalue weighted by atomic mass is 10.2. The second kappa shape index (κ2) is 4.14. The van der Waals surface area contributed by atoms with Crippen molar-refractivity contribution in [3.05, 3.63) is 42.1 Å². The molecule has 2 heterocycles. The summed E-state index contributed by atoms with van der Waals surface area (Å²) in [5.41, 5.74) is 1.24. The molecule has 0 amide bonds. The summed E-state index contributed by atoms with van der Waals surface area (Å²) in [6.07, 6.45) is 8.10. The third-order valence-corrected chi connectivity index (χ3v) is 2.86. The van der Waals surface area contributed by atoms with E-state index >= 15 is 0 Å². The predicted molar refractivity (Wildman–Crippen MR) is 59.9 cm³/mol. The highest BCUT2D eigenvalue weighted by atomic mass is 16.3. The second-order valence-electron chi connectivity index (χ2n) is 4.23. The molecule has 2 aromatic rings. The Kier molecular flexibility index (Phi) is 2.50. The number of hydrogen-bond acceptors (Lipinski definition) is 3. The van der Waals surface area contributed by atoms with Gasteiger partial charge in [-0.1, -0.05) is 0 Å². The Balaban J connectivity index is 1.66. The van der Waals surface area contributed by atoms with Crippen molar-refractivity contribution in [2.75, 3.05) is 0 Å². The number of nitrogens with one attached hydrogen (secondary N) is 1. The molecule has 84 valence electrons. The van der Waals surface area contributed by atoms with Crippen LogP contribution in [0.25, 0.3) is 0 Å². The number of furan rings is 1. The van der Waals surface area contributed by atoms with Crippen LogP contribution in [0.1, 0.15) is 24.2 Å². The molecule has 0 unspecified atom stereocenters. The zero-order valence-corrected chi connectivity index (χ0v) is 9.10. The van der Waals surface area contributed by atoms with E-state index in [1.165, 1.54) is 18.4 Å². The van der Waals surface area contributed by atoms with E-state index in [1.54, 1.807) is 12.5 Å². The molecule has 1 aliphatic carbocycles. The van der Waals surface area contributed by atoms with Crippen LogP contribution in [-0.4, -0.2) is 15.8 Å². The van der Waals surface area contributed by atoms with E-state index in [-0.39, 0.29) is 0 Å². The Morgan fingerprint density at radius 1 is 1.50 bits per heavy atom. The fraction of sp³-hybridized carbons (Fsp3) is 0.417. The first-order valence-corrected chi connectivity index (χ1v) is 5.68. The molecular formula is C12H15N3O. The molecule has 3 rings (SSSR count). The minimum absolute atomic E-state index is 0.710. The van der Waals surface area contributed by atoms with Gasteiger partial charge in [0.15, 0.2) is 0 Å². The maximum absolute atomic E-state index is 5.49. The summed E-state index contributed by atoms with van der Waals surface area (Å²) in [5.74, 6) is 0.997. The van der Waals surface area contributed by atoms with E-state index < -0.39 is 0 Å². The summed E-state index contributed by atoms with van der Waals surface area (Å²) in [4.78, 5) is 0. The highest BCUT2D eigenvalue weighted by Crippen LogP contribution is 2.20. The third kappa shape index (κ3) is 2.17. The smallest absolute Gasteiger partial charge is 0.129 e. The Morgan fingerprint density at radius 2 is 2.44 bits per heavy atom. The minimum Gasteiger partial charge on any atom is -0.467 e. The summed E-state index contributed by atoms with van der Waals surface area (Å²) in [7, 11) is 0. The Bertz CT molecular complexity index is 443. The van der Waals surface area contributed by atoms with E-state index in [9.17, 15) is 0 Å². The minimum atomic E-state index is 0.710. The highest BCUT2D eigenvalue weighted by Gasteiger charge is 2.20. The molecule has 4 nitrogen and oxygen atoms in total. The van der Waals surface area contributed by atoms with E-state index in [4.69, 9.17) is 4.42 Å². The average Bonchev–Trinajstić information content (AvgIpc) is 2.79. The fourth-order valence-corrected chi connectivity index (χ4v) is 1.75. The van der Waals surface area contributed by atoms with Crippen LogP contribution < -0.4 is 5.32 Å². The SMILES string of the molecule is c1cnn(Cc2occc2CNC2CC2)c1. The third-order valence-electron chi connectivity index (χ3n) is 2.86. The van der Waals surface area contributed by atoms with Crippen molar-refractivity contribution in [1.29, 1.82) is 0 Å². The highest BCUT2D eigenvalue weighted by molar-refractivity contribution is 5.17. The quantitative estimate of drug-likeness (QED) is 0.830. The molecule has 0 bridgehead atoms. The molecule has 0 aromatic carbocycles. The van der Waals surface area contributed by atoms with Crippen LogP contribution in [0.15, 0.2) is 35.2 Å². The van der Waals surface area contributed by atoms with Gasteiger partial charge in [-0.25, -0.2) is 0 Å². The van der Waals surface area contributed by atoms with E-state index in [1.807, 2.05) is 23.0 Å². The number of aromatic nitrogens is 2. The molecule has 0 aliphatic heterocycles. The lowest BCUT2D eigenvalue weighted by molar-refractivity contribution is 0.472. The van der Waals surface area contributed by atoms with E-state index in [0.29, 0.717) is 6.54 Å². The normalized spacial score (nSPS) is 15.5. The monoisotopic (exact) mass is 217 g/mol. The number of nitrogens with zero attached hydrogens (tertiary/aromatic N) is 2. The van der Waals surface area contributed by atoms with Gasteiger partial charge in [0.25, 0.3) is 0 Å². The van der Waals surface area contributed by atoms with Crippen LogP contribution in [0.3, 0.4) is 0 Å². The van der Waals surface area contributed by atoms with Crippen molar-refractivity contribution in [2.24, 2.45) is 0 Å². The molecule has 0 radical (unpaired) electrons. The Morgan fingerprint density at radius 3 is 3.19 bits per heavy atom. The van der Waals surface area contributed by atoms with Crippen LogP contribution in [0.2, 0.25) is 0 Å². The lowest BCUT2D eigenvalue weighted by Gasteiger charge is -2.04. The maximum Gasteiger partial charge on any atom is 0.129 e. The van der Waals surface area contributed by atoms with Gasteiger partial charge in [0.1, 0.15) is 5.76 Å². The van der Waals surface area contributed by atoms with E-state index in [0.717, 1.165) is 18.3 Å². The van der Waals surface area contributed by atoms with E-state index in [2.05, 4.69) is 10.4 Å². The average molecular weight is 217 g/mol. The molecule has 4 heteroatoms. The molecule has 16 heavy (non-hydrogen) atoms. The van der Waals surface area contributed by atoms with Gasteiger partial charge in [0, 0.05) is 30.5 Å². The molecule has 0 spiro atoms. The molecule has 2 aromatic heterocycles. The molecule has 0 atom stereocenters. The van der Waals surface area contributed by atoms with Gasteiger partial charge in [-0.15, -0.1) is 0 Å². The van der Waals surface area contributed by atoms with Gasteiger partial charge < -0.3 is 9.73 Å². The second-order valence-corrected chi connectivity index (χ2v) is 4.23.